The Balaban J connectivity index is 0.00000192. The zero-order chi connectivity index (χ0) is 15.5. The van der Waals surface area contributed by atoms with Gasteiger partial charge in [0.2, 0.25) is 0 Å². The van der Waals surface area contributed by atoms with Crippen LogP contribution in [0.3, 0.4) is 0 Å². The first-order chi connectivity index (χ1) is 10.7. The smallest absolute Gasteiger partial charge is 0.257 e. The van der Waals surface area contributed by atoms with Crippen molar-refractivity contribution in [3.05, 3.63) is 46.0 Å². The summed E-state index contributed by atoms with van der Waals surface area (Å²) < 4.78 is 0. The number of rotatable bonds is 3. The maximum absolute atomic E-state index is 12.2. The molecule has 0 atom stereocenters. The highest BCUT2D eigenvalue weighted by Gasteiger charge is 2.20. The summed E-state index contributed by atoms with van der Waals surface area (Å²) in [6, 6.07) is 8.62. The van der Waals surface area contributed by atoms with Crippen LogP contribution in [-0.4, -0.2) is 28.9 Å². The summed E-state index contributed by atoms with van der Waals surface area (Å²) in [5.74, 6) is -0.192. The third kappa shape index (κ3) is 3.88. The monoisotopic (exact) mass is 348 g/mol. The first-order valence-electron chi connectivity index (χ1n) is 7.22. The van der Waals surface area contributed by atoms with Crippen LogP contribution in [0.2, 0.25) is 0 Å². The van der Waals surface area contributed by atoms with E-state index in [2.05, 4.69) is 22.1 Å². The van der Waals surface area contributed by atoms with E-state index in [0.29, 0.717) is 16.3 Å². The van der Waals surface area contributed by atoms with Crippen molar-refractivity contribution in [1.82, 2.24) is 9.88 Å². The van der Waals surface area contributed by atoms with Crippen LogP contribution in [0.4, 0.5) is 5.13 Å². The zero-order valence-corrected chi connectivity index (χ0v) is 14.3. The Labute approximate surface area is 145 Å². The molecule has 0 saturated heterocycles. The van der Waals surface area contributed by atoms with E-state index in [4.69, 9.17) is 5.26 Å². The Kier molecular flexibility index (Phi) is 5.72. The first kappa shape index (κ1) is 17.4. The number of carbonyl (C=O) groups is 1. The highest BCUT2D eigenvalue weighted by atomic mass is 35.5. The topological polar surface area (TPSA) is 69.0 Å². The van der Waals surface area contributed by atoms with Gasteiger partial charge in [-0.15, -0.1) is 23.7 Å². The molecule has 0 spiro atoms. The summed E-state index contributed by atoms with van der Waals surface area (Å²) in [4.78, 5) is 20.3. The van der Waals surface area contributed by atoms with Crippen LogP contribution in [0.5, 0.6) is 0 Å². The standard InChI is InChI=1S/C16H16N4OS.ClH/c1-2-20-8-7-13-14(10-20)22-16(18-13)19-15(21)12-5-3-11(9-17)4-6-12;/h3-6H,2,7-8,10H2,1H3,(H,18,19,21);1H. The number of carbonyl (C=O) groups excluding carboxylic acids is 1. The minimum atomic E-state index is -0.192. The number of benzene rings is 1. The molecule has 0 unspecified atom stereocenters. The van der Waals surface area contributed by atoms with Crippen LogP contribution in [-0.2, 0) is 13.0 Å². The van der Waals surface area contributed by atoms with Crippen LogP contribution in [0.1, 0.15) is 33.4 Å². The Bertz CT molecular complexity index is 736. The molecule has 23 heavy (non-hydrogen) atoms. The molecule has 2 heterocycles. The second-order valence-electron chi connectivity index (χ2n) is 5.15. The maximum atomic E-state index is 12.2. The summed E-state index contributed by atoms with van der Waals surface area (Å²) in [7, 11) is 0. The number of thiazole rings is 1. The molecule has 7 heteroatoms. The second kappa shape index (κ2) is 7.55. The number of hydrogen-bond acceptors (Lipinski definition) is 5. The molecule has 3 rings (SSSR count). The van der Waals surface area contributed by atoms with Gasteiger partial charge in [0.1, 0.15) is 0 Å². The third-order valence-electron chi connectivity index (χ3n) is 3.75. The van der Waals surface area contributed by atoms with Crippen LogP contribution in [0.25, 0.3) is 0 Å². The average Bonchev–Trinajstić information content (AvgIpc) is 2.95. The van der Waals surface area contributed by atoms with E-state index >= 15 is 0 Å². The SMILES string of the molecule is CCN1CCc2nc(NC(=O)c3ccc(C#N)cc3)sc2C1.Cl. The number of nitrogens with one attached hydrogen (secondary N) is 1. The number of nitriles is 1. The van der Waals surface area contributed by atoms with Crippen molar-refractivity contribution in [2.24, 2.45) is 0 Å². The largest absolute Gasteiger partial charge is 0.298 e. The molecule has 0 fully saturated rings. The number of halogens is 1. The van der Waals surface area contributed by atoms with Crippen LogP contribution in [0, 0.1) is 11.3 Å². The van der Waals surface area contributed by atoms with E-state index in [-0.39, 0.29) is 18.3 Å². The third-order valence-corrected chi connectivity index (χ3v) is 4.75. The lowest BCUT2D eigenvalue weighted by Gasteiger charge is -2.23. The number of aromatic nitrogens is 1. The fourth-order valence-corrected chi connectivity index (χ4v) is 3.48. The second-order valence-corrected chi connectivity index (χ2v) is 6.23. The number of hydrogen-bond donors (Lipinski definition) is 1. The normalized spacial score (nSPS) is 13.6. The van der Waals surface area contributed by atoms with Gasteiger partial charge in [-0.05, 0) is 30.8 Å². The quantitative estimate of drug-likeness (QED) is 0.925. The lowest BCUT2D eigenvalue weighted by Crippen LogP contribution is -2.29. The van der Waals surface area contributed by atoms with Gasteiger partial charge in [-0.25, -0.2) is 4.98 Å². The molecular formula is C16H17ClN4OS. The van der Waals surface area contributed by atoms with E-state index in [1.807, 2.05) is 6.07 Å². The first-order valence-corrected chi connectivity index (χ1v) is 8.03. The van der Waals surface area contributed by atoms with Crippen molar-refractivity contribution in [3.8, 4) is 6.07 Å². The van der Waals surface area contributed by atoms with E-state index in [0.717, 1.165) is 31.7 Å². The molecule has 1 N–H and O–H groups in total. The Hall–Kier alpha value is -1.94. The molecule has 5 nitrogen and oxygen atoms in total. The number of amides is 1. The summed E-state index contributed by atoms with van der Waals surface area (Å²) in [5, 5.41) is 12.3. The van der Waals surface area contributed by atoms with Crippen molar-refractivity contribution in [2.45, 2.75) is 19.9 Å². The predicted octanol–water partition coefficient (Wildman–Crippen LogP) is 3.07. The highest BCUT2D eigenvalue weighted by molar-refractivity contribution is 7.15. The van der Waals surface area contributed by atoms with Crippen LogP contribution in [0.15, 0.2) is 24.3 Å². The molecule has 1 aliphatic rings. The Morgan fingerprint density at radius 1 is 1.43 bits per heavy atom. The van der Waals surface area contributed by atoms with Gasteiger partial charge in [0.05, 0.1) is 17.3 Å². The van der Waals surface area contributed by atoms with Gasteiger partial charge < -0.3 is 0 Å². The van der Waals surface area contributed by atoms with E-state index in [1.54, 1.807) is 35.6 Å². The summed E-state index contributed by atoms with van der Waals surface area (Å²) in [6.07, 6.45) is 0.937. The fourth-order valence-electron chi connectivity index (χ4n) is 2.44. The zero-order valence-electron chi connectivity index (χ0n) is 12.7. The fraction of sp³-hybridized carbons (Fsp3) is 0.312. The minimum absolute atomic E-state index is 0. The molecule has 0 bridgehead atoms. The molecule has 0 aliphatic carbocycles. The maximum Gasteiger partial charge on any atom is 0.257 e. The average molecular weight is 349 g/mol. The predicted molar refractivity (Wildman–Crippen MR) is 93.1 cm³/mol. The molecule has 1 amide bonds. The van der Waals surface area contributed by atoms with Gasteiger partial charge in [-0.2, -0.15) is 5.26 Å². The van der Waals surface area contributed by atoms with Gasteiger partial charge in [-0.1, -0.05) is 6.92 Å². The van der Waals surface area contributed by atoms with Gasteiger partial charge >= 0.3 is 0 Å². The van der Waals surface area contributed by atoms with Gasteiger partial charge in [0.15, 0.2) is 5.13 Å². The van der Waals surface area contributed by atoms with Gasteiger partial charge in [-0.3, -0.25) is 15.0 Å². The van der Waals surface area contributed by atoms with Crippen LogP contribution >= 0.6 is 23.7 Å². The van der Waals surface area contributed by atoms with Crippen molar-refractivity contribution in [3.63, 3.8) is 0 Å². The Morgan fingerprint density at radius 2 is 2.17 bits per heavy atom. The van der Waals surface area contributed by atoms with Gasteiger partial charge in [0, 0.05) is 30.0 Å². The number of anilines is 1. The molecular weight excluding hydrogens is 332 g/mol. The minimum Gasteiger partial charge on any atom is -0.298 e. The molecule has 120 valence electrons. The van der Waals surface area contributed by atoms with Crippen molar-refractivity contribution in [2.75, 3.05) is 18.4 Å². The summed E-state index contributed by atoms with van der Waals surface area (Å²) in [5.41, 5.74) is 2.17. The molecule has 1 aromatic carbocycles. The number of nitrogens with zero attached hydrogens (tertiary/aromatic N) is 3. The Morgan fingerprint density at radius 3 is 2.83 bits per heavy atom. The van der Waals surface area contributed by atoms with E-state index < -0.39 is 0 Å². The van der Waals surface area contributed by atoms with E-state index in [9.17, 15) is 4.79 Å². The molecule has 0 radical (unpaired) electrons. The number of fused-ring (bicyclic) bond motifs is 1. The van der Waals surface area contributed by atoms with Crippen LogP contribution < -0.4 is 5.32 Å². The molecule has 1 aromatic heterocycles. The summed E-state index contributed by atoms with van der Waals surface area (Å²) in [6.45, 7) is 5.12. The molecule has 0 saturated carbocycles. The van der Waals surface area contributed by atoms with Crippen molar-refractivity contribution >= 4 is 34.8 Å². The molecule has 2 aromatic rings. The highest BCUT2D eigenvalue weighted by Crippen LogP contribution is 2.28. The van der Waals surface area contributed by atoms with E-state index in [1.165, 1.54) is 4.88 Å². The van der Waals surface area contributed by atoms with Crippen molar-refractivity contribution in [1.29, 1.82) is 5.26 Å². The molecule has 1 aliphatic heterocycles. The van der Waals surface area contributed by atoms with Gasteiger partial charge in [0.25, 0.3) is 5.91 Å². The lowest BCUT2D eigenvalue weighted by molar-refractivity contribution is 0.102. The summed E-state index contributed by atoms with van der Waals surface area (Å²) >= 11 is 1.55. The number of likely N-dealkylation sites (N-methyl/N-ethyl adjacent to an activating group) is 1. The van der Waals surface area contributed by atoms with Crippen molar-refractivity contribution < 1.29 is 4.79 Å². The lowest BCUT2D eigenvalue weighted by atomic mass is 10.1.